The molecule has 1 aromatic carbocycles. The molecule has 0 aliphatic heterocycles. The molecule has 0 aliphatic rings. The van der Waals surface area contributed by atoms with E-state index in [0.717, 1.165) is 5.56 Å². The number of rotatable bonds is 5. The van der Waals surface area contributed by atoms with Gasteiger partial charge in [-0.2, -0.15) is 0 Å². The van der Waals surface area contributed by atoms with E-state index in [9.17, 15) is 9.59 Å². The third kappa shape index (κ3) is 6.35. The van der Waals surface area contributed by atoms with Gasteiger partial charge in [-0.1, -0.05) is 12.1 Å². The molecule has 2 amide bonds. The van der Waals surface area contributed by atoms with Crippen LogP contribution >= 0.6 is 11.6 Å². The normalized spacial score (nSPS) is 11.0. The highest BCUT2D eigenvalue weighted by Crippen LogP contribution is 2.09. The molecule has 1 N–H and O–H groups in total. The number of carbonyl (C=O) groups is 2. The molecule has 0 radical (unpaired) electrons. The van der Waals surface area contributed by atoms with Gasteiger partial charge in [0, 0.05) is 31.6 Å². The maximum absolute atomic E-state index is 11.9. The summed E-state index contributed by atoms with van der Waals surface area (Å²) >= 11 is 5.70. The Morgan fingerprint density at radius 2 is 1.82 bits per heavy atom. The standard InChI is InChI=1S/C16H23ClN2O3/c1-16(2,3)22-15(21)19(4)10-9-18-14(20)13-7-5-12(11-17)6-8-13/h5-8H,9-11H2,1-4H3,(H,18,20). The summed E-state index contributed by atoms with van der Waals surface area (Å²) < 4.78 is 5.23. The fraction of sp³-hybridized carbons (Fsp3) is 0.500. The van der Waals surface area contributed by atoms with Crippen LogP contribution in [-0.4, -0.2) is 42.6 Å². The van der Waals surface area contributed by atoms with Crippen molar-refractivity contribution in [2.24, 2.45) is 0 Å². The van der Waals surface area contributed by atoms with Crippen LogP contribution in [-0.2, 0) is 10.6 Å². The van der Waals surface area contributed by atoms with Crippen molar-refractivity contribution in [1.82, 2.24) is 10.2 Å². The number of nitrogens with one attached hydrogen (secondary N) is 1. The van der Waals surface area contributed by atoms with E-state index in [1.165, 1.54) is 4.90 Å². The van der Waals surface area contributed by atoms with E-state index >= 15 is 0 Å². The Morgan fingerprint density at radius 1 is 1.23 bits per heavy atom. The van der Waals surface area contributed by atoms with Crippen molar-refractivity contribution in [3.05, 3.63) is 35.4 Å². The van der Waals surface area contributed by atoms with Crippen molar-refractivity contribution in [3.63, 3.8) is 0 Å². The van der Waals surface area contributed by atoms with Crippen molar-refractivity contribution in [3.8, 4) is 0 Å². The van der Waals surface area contributed by atoms with E-state index in [1.807, 2.05) is 32.9 Å². The molecule has 0 heterocycles. The van der Waals surface area contributed by atoms with Gasteiger partial charge in [-0.3, -0.25) is 4.79 Å². The number of ether oxygens (including phenoxy) is 1. The Balaban J connectivity index is 2.39. The van der Waals surface area contributed by atoms with Gasteiger partial charge in [-0.05, 0) is 38.5 Å². The van der Waals surface area contributed by atoms with Gasteiger partial charge in [0.25, 0.3) is 5.91 Å². The van der Waals surface area contributed by atoms with Crippen molar-refractivity contribution in [1.29, 1.82) is 0 Å². The molecule has 0 aliphatic carbocycles. The summed E-state index contributed by atoms with van der Waals surface area (Å²) in [5, 5.41) is 2.76. The minimum absolute atomic E-state index is 0.182. The van der Waals surface area contributed by atoms with Gasteiger partial charge in [0.15, 0.2) is 0 Å². The van der Waals surface area contributed by atoms with E-state index in [2.05, 4.69) is 5.32 Å². The second-order valence-corrected chi connectivity index (χ2v) is 6.26. The molecule has 6 heteroatoms. The van der Waals surface area contributed by atoms with E-state index < -0.39 is 11.7 Å². The number of alkyl halides is 1. The van der Waals surface area contributed by atoms with Crippen LogP contribution in [0.4, 0.5) is 4.79 Å². The van der Waals surface area contributed by atoms with Crippen LogP contribution in [0.1, 0.15) is 36.7 Å². The predicted molar refractivity (Wildman–Crippen MR) is 87.2 cm³/mol. The molecule has 0 unspecified atom stereocenters. The van der Waals surface area contributed by atoms with Crippen LogP contribution in [0.3, 0.4) is 0 Å². The topological polar surface area (TPSA) is 58.6 Å². The lowest BCUT2D eigenvalue weighted by atomic mass is 10.1. The molecule has 0 saturated carbocycles. The van der Waals surface area contributed by atoms with Gasteiger partial charge in [0.2, 0.25) is 0 Å². The average Bonchev–Trinajstić information content (AvgIpc) is 2.45. The number of carbonyl (C=O) groups excluding carboxylic acids is 2. The van der Waals surface area contributed by atoms with Crippen LogP contribution in [0.15, 0.2) is 24.3 Å². The van der Waals surface area contributed by atoms with Crippen molar-refractivity contribution >= 4 is 23.6 Å². The Labute approximate surface area is 136 Å². The molecule has 5 nitrogen and oxygen atoms in total. The molecule has 0 spiro atoms. The first-order valence-electron chi connectivity index (χ1n) is 7.10. The summed E-state index contributed by atoms with van der Waals surface area (Å²) in [4.78, 5) is 25.1. The summed E-state index contributed by atoms with van der Waals surface area (Å²) in [7, 11) is 1.63. The third-order valence-electron chi connectivity index (χ3n) is 2.81. The van der Waals surface area contributed by atoms with Gasteiger partial charge in [-0.25, -0.2) is 4.79 Å². The number of hydrogen-bond acceptors (Lipinski definition) is 3. The Bertz CT molecular complexity index is 509. The molecule has 22 heavy (non-hydrogen) atoms. The van der Waals surface area contributed by atoms with Gasteiger partial charge >= 0.3 is 6.09 Å². The summed E-state index contributed by atoms with van der Waals surface area (Å²) in [5.41, 5.74) is 0.996. The first kappa shape index (κ1) is 18.3. The summed E-state index contributed by atoms with van der Waals surface area (Å²) in [5.74, 6) is 0.237. The molecule has 0 bridgehead atoms. The minimum Gasteiger partial charge on any atom is -0.444 e. The number of amides is 2. The van der Waals surface area contributed by atoms with Crippen LogP contribution in [0, 0.1) is 0 Å². The Morgan fingerprint density at radius 3 is 2.32 bits per heavy atom. The fourth-order valence-corrected chi connectivity index (χ4v) is 1.79. The number of likely N-dealkylation sites (N-methyl/N-ethyl adjacent to an activating group) is 1. The Hall–Kier alpha value is -1.75. The van der Waals surface area contributed by atoms with Crippen LogP contribution in [0.25, 0.3) is 0 Å². The highest BCUT2D eigenvalue weighted by Gasteiger charge is 2.19. The summed E-state index contributed by atoms with van der Waals surface area (Å²) in [6.07, 6.45) is -0.409. The second kappa shape index (κ2) is 8.03. The van der Waals surface area contributed by atoms with Gasteiger partial charge in [0.1, 0.15) is 5.60 Å². The fourth-order valence-electron chi connectivity index (χ4n) is 1.62. The lowest BCUT2D eigenvalue weighted by molar-refractivity contribution is 0.0299. The van der Waals surface area contributed by atoms with E-state index in [0.29, 0.717) is 24.5 Å². The Kier molecular flexibility index (Phi) is 6.68. The van der Waals surface area contributed by atoms with Crippen molar-refractivity contribution in [2.75, 3.05) is 20.1 Å². The first-order valence-corrected chi connectivity index (χ1v) is 7.63. The van der Waals surface area contributed by atoms with E-state index in [1.54, 1.807) is 19.2 Å². The SMILES string of the molecule is CN(CCNC(=O)c1ccc(CCl)cc1)C(=O)OC(C)(C)C. The molecule has 1 rings (SSSR count). The zero-order valence-electron chi connectivity index (χ0n) is 13.5. The molecule has 0 fully saturated rings. The van der Waals surface area contributed by atoms with Crippen molar-refractivity contribution < 1.29 is 14.3 Å². The maximum atomic E-state index is 11.9. The molecule has 122 valence electrons. The van der Waals surface area contributed by atoms with Crippen molar-refractivity contribution in [2.45, 2.75) is 32.3 Å². The summed E-state index contributed by atoms with van der Waals surface area (Å²) in [6.45, 7) is 6.16. The van der Waals surface area contributed by atoms with Gasteiger partial charge < -0.3 is 15.0 Å². The minimum atomic E-state index is -0.529. The second-order valence-electron chi connectivity index (χ2n) is 5.99. The third-order valence-corrected chi connectivity index (χ3v) is 3.12. The smallest absolute Gasteiger partial charge is 0.410 e. The zero-order valence-corrected chi connectivity index (χ0v) is 14.2. The molecule has 0 saturated heterocycles. The maximum Gasteiger partial charge on any atom is 0.410 e. The molecular formula is C16H23ClN2O3. The molecule has 0 aromatic heterocycles. The predicted octanol–water partition coefficient (Wildman–Crippen LogP) is 3.02. The first-order chi connectivity index (χ1) is 10.2. The number of hydrogen-bond donors (Lipinski definition) is 1. The van der Waals surface area contributed by atoms with Crippen LogP contribution < -0.4 is 5.32 Å². The highest BCUT2D eigenvalue weighted by atomic mass is 35.5. The average molecular weight is 327 g/mol. The zero-order chi connectivity index (χ0) is 16.8. The van der Waals surface area contributed by atoms with E-state index in [4.69, 9.17) is 16.3 Å². The molecular weight excluding hydrogens is 304 g/mol. The molecule has 1 aromatic rings. The highest BCUT2D eigenvalue weighted by molar-refractivity contribution is 6.17. The largest absolute Gasteiger partial charge is 0.444 e. The van der Waals surface area contributed by atoms with E-state index in [-0.39, 0.29) is 5.91 Å². The number of nitrogens with zero attached hydrogens (tertiary/aromatic N) is 1. The number of benzene rings is 1. The quantitative estimate of drug-likeness (QED) is 0.846. The molecule has 0 atom stereocenters. The van der Waals surface area contributed by atoms with Gasteiger partial charge in [-0.15, -0.1) is 11.6 Å². The van der Waals surface area contributed by atoms with Crippen LogP contribution in [0.5, 0.6) is 0 Å². The van der Waals surface area contributed by atoms with Gasteiger partial charge in [0.05, 0.1) is 0 Å². The summed E-state index contributed by atoms with van der Waals surface area (Å²) in [6, 6.07) is 7.08. The lowest BCUT2D eigenvalue weighted by Gasteiger charge is -2.24. The lowest BCUT2D eigenvalue weighted by Crippen LogP contribution is -2.39. The number of halogens is 1. The van der Waals surface area contributed by atoms with Crippen LogP contribution in [0.2, 0.25) is 0 Å². The monoisotopic (exact) mass is 326 g/mol.